The van der Waals surface area contributed by atoms with Crippen LogP contribution >= 0.6 is 0 Å². The number of hydrogen-bond acceptors (Lipinski definition) is 7. The molecule has 0 unspecified atom stereocenters. The van der Waals surface area contributed by atoms with Crippen LogP contribution < -0.4 is 15.4 Å². The zero-order valence-corrected chi connectivity index (χ0v) is 20.0. The Kier molecular flexibility index (Phi) is 8.40. The largest absolute Gasteiger partial charge is 0.456 e. The third-order valence-electron chi connectivity index (χ3n) is 5.48. The van der Waals surface area contributed by atoms with Crippen LogP contribution in [0, 0.1) is 6.92 Å². The Labute approximate surface area is 198 Å². The Morgan fingerprint density at radius 1 is 1.18 bits per heavy atom. The van der Waals surface area contributed by atoms with Crippen LogP contribution in [0.2, 0.25) is 0 Å². The maximum Gasteiger partial charge on any atom is 0.307 e. The molecule has 3 N–H and O–H groups in total. The molecule has 0 spiro atoms. The first-order valence-electron chi connectivity index (χ1n) is 11.0. The average Bonchev–Trinajstić information content (AvgIpc) is 3.42. The molecule has 1 aromatic carbocycles. The monoisotopic (exact) mass is 491 g/mol. The quantitative estimate of drug-likeness (QED) is 0.424. The molecule has 1 heterocycles. The Balaban J connectivity index is 1.44. The van der Waals surface area contributed by atoms with E-state index in [-0.39, 0.29) is 29.9 Å². The van der Waals surface area contributed by atoms with Crippen LogP contribution in [-0.2, 0) is 31.4 Å². The highest BCUT2D eigenvalue weighted by atomic mass is 32.2. The summed E-state index contributed by atoms with van der Waals surface area (Å²) in [6.07, 6.45) is 5.14. The van der Waals surface area contributed by atoms with E-state index in [0.29, 0.717) is 17.1 Å². The molecule has 1 aliphatic carbocycles. The summed E-state index contributed by atoms with van der Waals surface area (Å²) in [6, 6.07) is 6.73. The van der Waals surface area contributed by atoms with E-state index in [9.17, 15) is 22.8 Å². The van der Waals surface area contributed by atoms with E-state index in [2.05, 4.69) is 20.3 Å². The van der Waals surface area contributed by atoms with Crippen LogP contribution in [0.15, 0.2) is 35.5 Å². The number of esters is 1. The van der Waals surface area contributed by atoms with E-state index in [4.69, 9.17) is 4.74 Å². The van der Waals surface area contributed by atoms with Crippen LogP contribution in [-0.4, -0.2) is 54.9 Å². The molecular weight excluding hydrogens is 462 g/mol. The zero-order valence-electron chi connectivity index (χ0n) is 19.2. The number of nitrogens with one attached hydrogen (secondary N) is 3. The molecule has 2 aromatic rings. The van der Waals surface area contributed by atoms with Gasteiger partial charge in [0.05, 0.1) is 17.7 Å². The first-order chi connectivity index (χ1) is 16.2. The van der Waals surface area contributed by atoms with E-state index in [1.165, 1.54) is 6.20 Å². The third-order valence-corrected chi connectivity index (χ3v) is 6.82. The predicted molar refractivity (Wildman–Crippen MR) is 124 cm³/mol. The molecule has 0 aliphatic heterocycles. The fourth-order valence-electron chi connectivity index (χ4n) is 3.55. The maximum atomic E-state index is 12.6. The second kappa shape index (κ2) is 11.3. The van der Waals surface area contributed by atoms with Gasteiger partial charge in [0.25, 0.3) is 21.8 Å². The van der Waals surface area contributed by atoms with Gasteiger partial charge in [-0.25, -0.2) is 18.1 Å². The van der Waals surface area contributed by atoms with Gasteiger partial charge in [-0.2, -0.15) is 0 Å². The molecular formula is C22H29N5O6S. The average molecular weight is 492 g/mol. The lowest BCUT2D eigenvalue weighted by Crippen LogP contribution is -2.33. The van der Waals surface area contributed by atoms with Gasteiger partial charge in [-0.15, -0.1) is 0 Å². The molecule has 184 valence electrons. The second-order valence-corrected chi connectivity index (χ2v) is 9.81. The van der Waals surface area contributed by atoms with Crippen molar-refractivity contribution < 1.29 is 27.5 Å². The van der Waals surface area contributed by atoms with Crippen LogP contribution in [0.1, 0.15) is 48.3 Å². The maximum absolute atomic E-state index is 12.6. The summed E-state index contributed by atoms with van der Waals surface area (Å²) in [7, 11) is -2.19. The number of para-hydroxylation sites is 1. The number of aryl methyl sites for hydroxylation is 2. The summed E-state index contributed by atoms with van der Waals surface area (Å²) in [4.78, 5) is 40.7. The summed E-state index contributed by atoms with van der Waals surface area (Å²) in [6.45, 7) is 0.897. The van der Waals surface area contributed by atoms with Gasteiger partial charge in [0.1, 0.15) is 5.82 Å². The van der Waals surface area contributed by atoms with Crippen LogP contribution in [0.4, 0.5) is 5.69 Å². The van der Waals surface area contributed by atoms with Gasteiger partial charge >= 0.3 is 5.97 Å². The number of carbonyl (C=O) groups is 3. The van der Waals surface area contributed by atoms with E-state index in [1.807, 2.05) is 0 Å². The molecule has 11 nitrogen and oxygen atoms in total. The van der Waals surface area contributed by atoms with Crippen molar-refractivity contribution in [2.24, 2.45) is 7.05 Å². The summed E-state index contributed by atoms with van der Waals surface area (Å²) < 4.78 is 33.2. The lowest BCUT2D eigenvalue weighted by atomic mass is 10.1. The number of sulfonamides is 1. The fourth-order valence-corrected chi connectivity index (χ4v) is 4.61. The van der Waals surface area contributed by atoms with Gasteiger partial charge in [0, 0.05) is 25.8 Å². The number of hydrogen-bond donors (Lipinski definition) is 3. The SMILES string of the molecule is Cc1nc(S(=O)(=O)NCCC(=O)OCC(=O)Nc2ccccc2C(=O)NC2CCCC2)cn1C. The number of aromatic nitrogens is 2. The number of carbonyl (C=O) groups excluding carboxylic acids is 3. The highest BCUT2D eigenvalue weighted by Crippen LogP contribution is 2.20. The minimum absolute atomic E-state index is 0.135. The van der Waals surface area contributed by atoms with Crippen LogP contribution in [0.3, 0.4) is 0 Å². The predicted octanol–water partition coefficient (Wildman–Crippen LogP) is 1.25. The molecule has 1 aromatic heterocycles. The van der Waals surface area contributed by atoms with Crippen molar-refractivity contribution in [1.29, 1.82) is 0 Å². The normalized spacial score (nSPS) is 14.1. The Morgan fingerprint density at radius 2 is 1.88 bits per heavy atom. The summed E-state index contributed by atoms with van der Waals surface area (Å²) in [5.74, 6) is -1.10. The molecule has 3 rings (SSSR count). The lowest BCUT2D eigenvalue weighted by molar-refractivity contribution is -0.147. The molecule has 1 aliphatic rings. The van der Waals surface area contributed by atoms with Crippen molar-refractivity contribution in [3.63, 3.8) is 0 Å². The topological polar surface area (TPSA) is 148 Å². The van der Waals surface area contributed by atoms with Gasteiger partial charge in [-0.05, 0) is 31.9 Å². The molecule has 0 saturated heterocycles. The van der Waals surface area contributed by atoms with Gasteiger partial charge in [0.15, 0.2) is 11.6 Å². The molecule has 0 bridgehead atoms. The Hall–Kier alpha value is -3.25. The van der Waals surface area contributed by atoms with E-state index < -0.39 is 28.5 Å². The van der Waals surface area contributed by atoms with Crippen molar-refractivity contribution in [3.8, 4) is 0 Å². The van der Waals surface area contributed by atoms with E-state index >= 15 is 0 Å². The smallest absolute Gasteiger partial charge is 0.307 e. The summed E-state index contributed by atoms with van der Waals surface area (Å²) in [5, 5.41) is 5.41. The number of rotatable bonds is 10. The standard InChI is InChI=1S/C22H29N5O6S/c1-15-24-20(13-27(15)2)34(31,32)23-12-11-21(29)33-14-19(28)26-18-10-6-5-9-17(18)22(30)25-16-7-3-4-8-16/h5-6,9-10,13,16,23H,3-4,7-8,11-12,14H2,1-2H3,(H,25,30)(H,26,28). The lowest BCUT2D eigenvalue weighted by Gasteiger charge is -2.15. The highest BCUT2D eigenvalue weighted by Gasteiger charge is 2.21. The molecule has 2 amide bonds. The number of anilines is 1. The van der Waals surface area contributed by atoms with Crippen LogP contribution in [0.5, 0.6) is 0 Å². The van der Waals surface area contributed by atoms with Crippen molar-refractivity contribution in [1.82, 2.24) is 19.6 Å². The van der Waals surface area contributed by atoms with Crippen molar-refractivity contribution in [2.75, 3.05) is 18.5 Å². The first kappa shape index (κ1) is 25.4. The highest BCUT2D eigenvalue weighted by molar-refractivity contribution is 7.89. The Morgan fingerprint density at radius 3 is 2.56 bits per heavy atom. The van der Waals surface area contributed by atoms with Crippen molar-refractivity contribution >= 4 is 33.5 Å². The van der Waals surface area contributed by atoms with Crippen LogP contribution in [0.25, 0.3) is 0 Å². The van der Waals surface area contributed by atoms with Crippen molar-refractivity contribution in [3.05, 3.63) is 41.9 Å². The van der Waals surface area contributed by atoms with Crippen molar-refractivity contribution in [2.45, 2.75) is 50.1 Å². The van der Waals surface area contributed by atoms with E-state index in [1.54, 1.807) is 42.8 Å². The zero-order chi connectivity index (χ0) is 24.7. The fraction of sp³-hybridized carbons (Fsp3) is 0.455. The number of imidazole rings is 1. The number of nitrogens with zero attached hydrogens (tertiary/aromatic N) is 2. The minimum atomic E-state index is -3.86. The van der Waals surface area contributed by atoms with E-state index in [0.717, 1.165) is 25.7 Å². The Bertz CT molecular complexity index is 1130. The molecule has 34 heavy (non-hydrogen) atoms. The molecule has 1 fully saturated rings. The molecule has 12 heteroatoms. The van der Waals surface area contributed by atoms with Gasteiger partial charge in [0.2, 0.25) is 0 Å². The number of amides is 2. The minimum Gasteiger partial charge on any atom is -0.456 e. The molecule has 0 radical (unpaired) electrons. The number of ether oxygens (including phenoxy) is 1. The molecule has 1 saturated carbocycles. The van der Waals surface area contributed by atoms with Gasteiger partial charge in [-0.1, -0.05) is 25.0 Å². The van der Waals surface area contributed by atoms with Gasteiger partial charge in [-0.3, -0.25) is 14.4 Å². The third kappa shape index (κ3) is 6.87. The second-order valence-electron chi connectivity index (χ2n) is 8.09. The number of benzene rings is 1. The molecule has 0 atom stereocenters. The summed E-state index contributed by atoms with van der Waals surface area (Å²) >= 11 is 0. The first-order valence-corrected chi connectivity index (χ1v) is 12.5. The summed E-state index contributed by atoms with van der Waals surface area (Å²) in [5.41, 5.74) is 0.644. The van der Waals surface area contributed by atoms with Gasteiger partial charge < -0.3 is 19.9 Å².